The summed E-state index contributed by atoms with van der Waals surface area (Å²) in [5.74, 6) is 0.704. The Morgan fingerprint density at radius 3 is 3.07 bits per heavy atom. The molecular weight excluding hydrogens is 223 g/mol. The van der Waals surface area contributed by atoms with Gasteiger partial charge in [-0.3, -0.25) is 0 Å². The predicted octanol–water partition coefficient (Wildman–Crippen LogP) is 3.66. The standard InChI is InChI=1S/C10H8ClFOS/c11-2-3-13-7-5-9(12)8-1-4-14-10(8)6-7/h1,4-6H,2-3H2. The molecule has 1 nitrogen and oxygen atoms in total. The zero-order chi connectivity index (χ0) is 9.97. The van der Waals surface area contributed by atoms with Crippen LogP contribution in [0.5, 0.6) is 5.75 Å². The summed E-state index contributed by atoms with van der Waals surface area (Å²) in [7, 11) is 0. The molecule has 0 N–H and O–H groups in total. The summed E-state index contributed by atoms with van der Waals surface area (Å²) in [4.78, 5) is 0. The fraction of sp³-hybridized carbons (Fsp3) is 0.200. The average Bonchev–Trinajstić information content (AvgIpc) is 2.63. The molecule has 0 bridgehead atoms. The molecule has 4 heteroatoms. The maximum Gasteiger partial charge on any atom is 0.135 e. The van der Waals surface area contributed by atoms with E-state index in [1.54, 1.807) is 6.07 Å². The van der Waals surface area contributed by atoms with Crippen molar-refractivity contribution in [1.82, 2.24) is 0 Å². The van der Waals surface area contributed by atoms with E-state index in [0.29, 0.717) is 23.6 Å². The van der Waals surface area contributed by atoms with Crippen LogP contribution in [0.4, 0.5) is 4.39 Å². The van der Waals surface area contributed by atoms with Gasteiger partial charge in [-0.2, -0.15) is 0 Å². The van der Waals surface area contributed by atoms with E-state index in [4.69, 9.17) is 16.3 Å². The lowest BCUT2D eigenvalue weighted by atomic mass is 10.2. The van der Waals surface area contributed by atoms with Crippen LogP contribution >= 0.6 is 22.9 Å². The molecule has 2 aromatic rings. The molecule has 0 saturated carbocycles. The highest BCUT2D eigenvalue weighted by molar-refractivity contribution is 7.17. The highest BCUT2D eigenvalue weighted by Crippen LogP contribution is 2.28. The number of hydrogen-bond donors (Lipinski definition) is 0. The van der Waals surface area contributed by atoms with Crippen LogP contribution in [0.15, 0.2) is 23.6 Å². The minimum absolute atomic E-state index is 0.242. The molecule has 0 spiro atoms. The lowest BCUT2D eigenvalue weighted by Crippen LogP contribution is -1.98. The van der Waals surface area contributed by atoms with Crippen molar-refractivity contribution in [1.29, 1.82) is 0 Å². The van der Waals surface area contributed by atoms with Gasteiger partial charge in [0.15, 0.2) is 0 Å². The summed E-state index contributed by atoms with van der Waals surface area (Å²) in [5.41, 5.74) is 0. The van der Waals surface area contributed by atoms with Crippen molar-refractivity contribution in [2.24, 2.45) is 0 Å². The maximum atomic E-state index is 13.4. The first-order valence-corrected chi connectivity index (χ1v) is 5.58. The van der Waals surface area contributed by atoms with E-state index in [0.717, 1.165) is 4.70 Å². The van der Waals surface area contributed by atoms with Crippen LogP contribution in [0.3, 0.4) is 0 Å². The zero-order valence-corrected chi connectivity index (χ0v) is 8.87. The molecule has 0 atom stereocenters. The Hall–Kier alpha value is -0.800. The van der Waals surface area contributed by atoms with Crippen LogP contribution < -0.4 is 4.74 Å². The topological polar surface area (TPSA) is 9.23 Å². The second-order valence-corrected chi connectivity index (χ2v) is 4.10. The summed E-state index contributed by atoms with van der Waals surface area (Å²) in [6, 6.07) is 4.98. The fourth-order valence-electron chi connectivity index (χ4n) is 1.24. The molecule has 0 aliphatic heterocycles. The van der Waals surface area contributed by atoms with Gasteiger partial charge in [-0.1, -0.05) is 0 Å². The summed E-state index contributed by atoms with van der Waals surface area (Å²) >= 11 is 6.97. The Bertz CT molecular complexity index is 441. The van der Waals surface area contributed by atoms with Crippen LogP contribution in [-0.4, -0.2) is 12.5 Å². The van der Waals surface area contributed by atoms with Gasteiger partial charge in [0.1, 0.15) is 18.2 Å². The van der Waals surface area contributed by atoms with Crippen molar-refractivity contribution in [2.45, 2.75) is 0 Å². The third kappa shape index (κ3) is 1.83. The van der Waals surface area contributed by atoms with E-state index in [2.05, 4.69) is 0 Å². The summed E-state index contributed by atoms with van der Waals surface area (Å²) < 4.78 is 19.5. The summed E-state index contributed by atoms with van der Waals surface area (Å²) in [6.07, 6.45) is 0. The van der Waals surface area contributed by atoms with E-state index in [1.807, 2.05) is 11.4 Å². The number of thiophene rings is 1. The second-order valence-electron chi connectivity index (χ2n) is 2.77. The zero-order valence-electron chi connectivity index (χ0n) is 7.30. The van der Waals surface area contributed by atoms with Crippen LogP contribution in [-0.2, 0) is 0 Å². The molecule has 74 valence electrons. The number of hydrogen-bond acceptors (Lipinski definition) is 2. The molecule has 0 aliphatic rings. The Labute approximate surface area is 90.1 Å². The molecule has 1 aromatic heterocycles. The normalized spacial score (nSPS) is 10.7. The summed E-state index contributed by atoms with van der Waals surface area (Å²) in [6.45, 7) is 0.401. The monoisotopic (exact) mass is 230 g/mol. The molecule has 0 unspecified atom stereocenters. The first kappa shape index (κ1) is 9.74. The first-order chi connectivity index (χ1) is 6.81. The molecular formula is C10H8ClFOS. The van der Waals surface area contributed by atoms with Crippen molar-refractivity contribution < 1.29 is 9.13 Å². The van der Waals surface area contributed by atoms with Gasteiger partial charge in [0.2, 0.25) is 0 Å². The van der Waals surface area contributed by atoms with Crippen molar-refractivity contribution in [3.63, 3.8) is 0 Å². The average molecular weight is 231 g/mol. The van der Waals surface area contributed by atoms with Gasteiger partial charge in [-0.05, 0) is 17.5 Å². The molecule has 0 amide bonds. The van der Waals surface area contributed by atoms with Crippen LogP contribution in [0.25, 0.3) is 10.1 Å². The Kier molecular flexibility index (Phi) is 2.89. The third-order valence-corrected chi connectivity index (χ3v) is 2.86. The van der Waals surface area contributed by atoms with Crippen LogP contribution in [0, 0.1) is 5.82 Å². The summed E-state index contributed by atoms with van der Waals surface area (Å²) in [5, 5.41) is 2.51. The minimum atomic E-state index is -0.242. The van der Waals surface area contributed by atoms with Gasteiger partial charge < -0.3 is 4.74 Å². The molecule has 0 aliphatic carbocycles. The van der Waals surface area contributed by atoms with Crippen LogP contribution in [0.1, 0.15) is 0 Å². The Morgan fingerprint density at radius 2 is 2.29 bits per heavy atom. The lowest BCUT2D eigenvalue weighted by molar-refractivity contribution is 0.341. The van der Waals surface area contributed by atoms with E-state index in [9.17, 15) is 4.39 Å². The molecule has 1 heterocycles. The quantitative estimate of drug-likeness (QED) is 0.732. The highest BCUT2D eigenvalue weighted by Gasteiger charge is 2.05. The minimum Gasteiger partial charge on any atom is -0.492 e. The van der Waals surface area contributed by atoms with Gasteiger partial charge in [-0.25, -0.2) is 4.39 Å². The van der Waals surface area contributed by atoms with Crippen LogP contribution in [0.2, 0.25) is 0 Å². The van der Waals surface area contributed by atoms with Gasteiger partial charge in [-0.15, -0.1) is 22.9 Å². The van der Waals surface area contributed by atoms with Gasteiger partial charge >= 0.3 is 0 Å². The smallest absolute Gasteiger partial charge is 0.135 e. The second kappa shape index (κ2) is 4.15. The number of fused-ring (bicyclic) bond motifs is 1. The molecule has 2 rings (SSSR count). The third-order valence-electron chi connectivity index (χ3n) is 1.84. The molecule has 14 heavy (non-hydrogen) atoms. The Morgan fingerprint density at radius 1 is 1.43 bits per heavy atom. The molecule has 0 radical (unpaired) electrons. The van der Waals surface area contributed by atoms with Crippen molar-refractivity contribution in [3.05, 3.63) is 29.4 Å². The lowest BCUT2D eigenvalue weighted by Gasteiger charge is -2.04. The molecule has 0 fully saturated rings. The number of alkyl halides is 1. The van der Waals surface area contributed by atoms with Crippen molar-refractivity contribution >= 4 is 33.0 Å². The molecule has 0 saturated heterocycles. The van der Waals surface area contributed by atoms with Gasteiger partial charge in [0.05, 0.1) is 5.88 Å². The van der Waals surface area contributed by atoms with Crippen molar-refractivity contribution in [3.8, 4) is 5.75 Å². The predicted molar refractivity (Wildman–Crippen MR) is 58.0 cm³/mol. The van der Waals surface area contributed by atoms with E-state index in [1.165, 1.54) is 17.4 Å². The van der Waals surface area contributed by atoms with Crippen molar-refractivity contribution in [2.75, 3.05) is 12.5 Å². The highest BCUT2D eigenvalue weighted by atomic mass is 35.5. The van der Waals surface area contributed by atoms with Gasteiger partial charge in [0, 0.05) is 16.2 Å². The first-order valence-electron chi connectivity index (χ1n) is 4.17. The largest absolute Gasteiger partial charge is 0.492 e. The number of benzene rings is 1. The van der Waals surface area contributed by atoms with Gasteiger partial charge in [0.25, 0.3) is 0 Å². The molecule has 1 aromatic carbocycles. The maximum absolute atomic E-state index is 13.4. The number of halogens is 2. The van der Waals surface area contributed by atoms with E-state index in [-0.39, 0.29) is 5.82 Å². The number of ether oxygens (including phenoxy) is 1. The van der Waals surface area contributed by atoms with E-state index >= 15 is 0 Å². The Balaban J connectivity index is 2.38. The fourth-order valence-corrected chi connectivity index (χ4v) is 2.15. The SMILES string of the molecule is Fc1cc(OCCCl)cc2sccc12. The number of rotatable bonds is 3. The van der Waals surface area contributed by atoms with E-state index < -0.39 is 0 Å².